The number of nitriles is 1. The lowest BCUT2D eigenvalue weighted by atomic mass is 10.2. The second-order valence-corrected chi connectivity index (χ2v) is 5.26. The number of nitrogens with one attached hydrogen (secondary N) is 1. The second-order valence-electron chi connectivity index (χ2n) is 5.26. The van der Waals surface area contributed by atoms with Gasteiger partial charge in [-0.15, -0.1) is 0 Å². The van der Waals surface area contributed by atoms with Crippen LogP contribution in [-0.2, 0) is 9.59 Å². The van der Waals surface area contributed by atoms with E-state index in [2.05, 4.69) is 5.32 Å². The molecule has 0 aliphatic carbocycles. The number of rotatable bonds is 7. The predicted octanol–water partition coefficient (Wildman–Crippen LogP) is 1.30. The Hall–Kier alpha value is -2.39. The monoisotopic (exact) mass is 302 g/mol. The minimum absolute atomic E-state index is 0.0490. The molecule has 2 amide bonds. The summed E-state index contributed by atoms with van der Waals surface area (Å²) in [4.78, 5) is 27.2. The van der Waals surface area contributed by atoms with Gasteiger partial charge >= 0.3 is 0 Å². The van der Waals surface area contributed by atoms with Crippen LogP contribution in [0.3, 0.4) is 0 Å². The van der Waals surface area contributed by atoms with Crippen LogP contribution in [0.15, 0.2) is 24.3 Å². The van der Waals surface area contributed by atoms with Crippen molar-refractivity contribution in [1.82, 2.24) is 9.80 Å². The summed E-state index contributed by atoms with van der Waals surface area (Å²) in [6.45, 7) is 3.20. The zero-order chi connectivity index (χ0) is 16.5. The summed E-state index contributed by atoms with van der Waals surface area (Å²) in [6.07, 6.45) is 0.201. The Morgan fingerprint density at radius 3 is 2.45 bits per heavy atom. The van der Waals surface area contributed by atoms with E-state index < -0.39 is 0 Å². The SMILES string of the molecule is CC(=O)N(CCC(=O)Nc1ccccc1C#N)CCN(C)C. The number of likely N-dealkylation sites (N-methyl/N-ethyl adjacent to an activating group) is 1. The number of anilines is 1. The van der Waals surface area contributed by atoms with Crippen LogP contribution in [0.4, 0.5) is 5.69 Å². The van der Waals surface area contributed by atoms with Crippen molar-refractivity contribution < 1.29 is 9.59 Å². The van der Waals surface area contributed by atoms with Crippen LogP contribution in [0.5, 0.6) is 0 Å². The van der Waals surface area contributed by atoms with Gasteiger partial charge in [0.2, 0.25) is 11.8 Å². The van der Waals surface area contributed by atoms with Crippen molar-refractivity contribution in [3.8, 4) is 6.07 Å². The quantitative estimate of drug-likeness (QED) is 0.823. The average Bonchev–Trinajstić information content (AvgIpc) is 2.47. The van der Waals surface area contributed by atoms with Gasteiger partial charge in [0.1, 0.15) is 6.07 Å². The summed E-state index contributed by atoms with van der Waals surface area (Å²) in [6, 6.07) is 8.87. The highest BCUT2D eigenvalue weighted by molar-refractivity contribution is 5.92. The van der Waals surface area contributed by atoms with E-state index in [9.17, 15) is 9.59 Å². The zero-order valence-electron chi connectivity index (χ0n) is 13.3. The molecule has 0 saturated carbocycles. The van der Waals surface area contributed by atoms with E-state index in [1.165, 1.54) is 6.92 Å². The van der Waals surface area contributed by atoms with Crippen LogP contribution < -0.4 is 5.32 Å². The molecule has 1 N–H and O–H groups in total. The summed E-state index contributed by atoms with van der Waals surface area (Å²) >= 11 is 0. The fourth-order valence-electron chi connectivity index (χ4n) is 1.89. The van der Waals surface area contributed by atoms with Crippen LogP contribution in [0.2, 0.25) is 0 Å². The zero-order valence-corrected chi connectivity index (χ0v) is 13.3. The maximum atomic E-state index is 12.0. The smallest absolute Gasteiger partial charge is 0.226 e. The lowest BCUT2D eigenvalue weighted by Gasteiger charge is -2.22. The van der Waals surface area contributed by atoms with Crippen LogP contribution in [-0.4, -0.2) is 55.3 Å². The molecule has 1 rings (SSSR count). The first kappa shape index (κ1) is 17.7. The first-order valence-corrected chi connectivity index (χ1v) is 7.13. The van der Waals surface area contributed by atoms with Crippen molar-refractivity contribution in [2.24, 2.45) is 0 Å². The number of hydrogen-bond donors (Lipinski definition) is 1. The molecule has 0 atom stereocenters. The van der Waals surface area contributed by atoms with E-state index in [1.807, 2.05) is 25.1 Å². The number of para-hydroxylation sites is 1. The number of hydrogen-bond acceptors (Lipinski definition) is 4. The Morgan fingerprint density at radius 2 is 1.86 bits per heavy atom. The van der Waals surface area contributed by atoms with Gasteiger partial charge in [0.15, 0.2) is 0 Å². The summed E-state index contributed by atoms with van der Waals surface area (Å²) in [5.74, 6) is -0.258. The Kier molecular flexibility index (Phi) is 7.06. The average molecular weight is 302 g/mol. The highest BCUT2D eigenvalue weighted by Crippen LogP contribution is 2.13. The molecule has 0 spiro atoms. The first-order valence-electron chi connectivity index (χ1n) is 7.13. The number of benzene rings is 1. The minimum atomic E-state index is -0.209. The first-order chi connectivity index (χ1) is 10.4. The van der Waals surface area contributed by atoms with Crippen LogP contribution in [0.25, 0.3) is 0 Å². The Labute approximate surface area is 131 Å². The normalized spacial score (nSPS) is 10.1. The molecule has 0 heterocycles. The van der Waals surface area contributed by atoms with Crippen molar-refractivity contribution in [2.75, 3.05) is 39.0 Å². The van der Waals surface area contributed by atoms with Crippen LogP contribution >= 0.6 is 0 Å². The number of amides is 2. The molecule has 0 aliphatic rings. The predicted molar refractivity (Wildman–Crippen MR) is 85.2 cm³/mol. The lowest BCUT2D eigenvalue weighted by molar-refractivity contribution is -0.129. The number of carbonyl (C=O) groups is 2. The van der Waals surface area contributed by atoms with Crippen molar-refractivity contribution in [1.29, 1.82) is 5.26 Å². The molecule has 1 aromatic carbocycles. The highest BCUT2D eigenvalue weighted by Gasteiger charge is 2.12. The van der Waals surface area contributed by atoms with E-state index >= 15 is 0 Å². The molecule has 0 saturated heterocycles. The number of nitrogens with zero attached hydrogens (tertiary/aromatic N) is 3. The van der Waals surface area contributed by atoms with Crippen molar-refractivity contribution in [3.63, 3.8) is 0 Å². The number of carbonyl (C=O) groups excluding carboxylic acids is 2. The van der Waals surface area contributed by atoms with Gasteiger partial charge in [-0.1, -0.05) is 12.1 Å². The van der Waals surface area contributed by atoms with Gasteiger partial charge in [0, 0.05) is 33.0 Å². The topological polar surface area (TPSA) is 76.4 Å². The van der Waals surface area contributed by atoms with E-state index in [0.29, 0.717) is 24.3 Å². The Bertz CT molecular complexity index is 564. The van der Waals surface area contributed by atoms with E-state index in [-0.39, 0.29) is 18.2 Å². The summed E-state index contributed by atoms with van der Waals surface area (Å²) in [5, 5.41) is 11.7. The molecule has 1 aromatic rings. The summed E-state index contributed by atoms with van der Waals surface area (Å²) in [7, 11) is 3.87. The van der Waals surface area contributed by atoms with Crippen molar-refractivity contribution in [3.05, 3.63) is 29.8 Å². The Morgan fingerprint density at radius 1 is 1.18 bits per heavy atom. The van der Waals surface area contributed by atoms with E-state index in [1.54, 1.807) is 29.2 Å². The fourth-order valence-corrected chi connectivity index (χ4v) is 1.89. The van der Waals surface area contributed by atoms with Crippen LogP contribution in [0, 0.1) is 11.3 Å². The molecular weight excluding hydrogens is 280 g/mol. The Balaban J connectivity index is 2.53. The molecule has 0 aromatic heterocycles. The van der Waals surface area contributed by atoms with Gasteiger partial charge in [-0.2, -0.15) is 5.26 Å². The fraction of sp³-hybridized carbons (Fsp3) is 0.438. The lowest BCUT2D eigenvalue weighted by Crippen LogP contribution is -2.37. The molecule has 6 heteroatoms. The maximum absolute atomic E-state index is 12.0. The standard InChI is InChI=1S/C16H22N4O2/c1-13(21)20(11-10-19(2)3)9-8-16(22)18-15-7-5-4-6-14(15)12-17/h4-7H,8-11H2,1-3H3,(H,18,22). The summed E-state index contributed by atoms with van der Waals surface area (Å²) in [5.41, 5.74) is 0.921. The van der Waals surface area contributed by atoms with Gasteiger partial charge in [-0.25, -0.2) is 0 Å². The molecule has 6 nitrogen and oxygen atoms in total. The molecule has 118 valence electrons. The van der Waals surface area contributed by atoms with Crippen molar-refractivity contribution in [2.45, 2.75) is 13.3 Å². The van der Waals surface area contributed by atoms with Gasteiger partial charge in [0.25, 0.3) is 0 Å². The highest BCUT2D eigenvalue weighted by atomic mass is 16.2. The molecule has 0 fully saturated rings. The maximum Gasteiger partial charge on any atom is 0.226 e. The third kappa shape index (κ3) is 5.94. The molecular formula is C16H22N4O2. The molecule has 22 heavy (non-hydrogen) atoms. The molecule has 0 bridgehead atoms. The second kappa shape index (κ2) is 8.80. The van der Waals surface area contributed by atoms with Gasteiger partial charge in [-0.3, -0.25) is 9.59 Å². The summed E-state index contributed by atoms with van der Waals surface area (Å²) < 4.78 is 0. The molecule has 0 radical (unpaired) electrons. The van der Waals surface area contributed by atoms with E-state index in [0.717, 1.165) is 6.54 Å². The molecule has 0 unspecified atom stereocenters. The van der Waals surface area contributed by atoms with E-state index in [4.69, 9.17) is 5.26 Å². The minimum Gasteiger partial charge on any atom is -0.341 e. The third-order valence-corrected chi connectivity index (χ3v) is 3.19. The van der Waals surface area contributed by atoms with Gasteiger partial charge in [0.05, 0.1) is 11.3 Å². The third-order valence-electron chi connectivity index (χ3n) is 3.19. The van der Waals surface area contributed by atoms with Crippen molar-refractivity contribution >= 4 is 17.5 Å². The van der Waals surface area contributed by atoms with Gasteiger partial charge in [-0.05, 0) is 26.2 Å². The largest absolute Gasteiger partial charge is 0.341 e. The van der Waals surface area contributed by atoms with Crippen LogP contribution in [0.1, 0.15) is 18.9 Å². The molecule has 0 aliphatic heterocycles. The van der Waals surface area contributed by atoms with Gasteiger partial charge < -0.3 is 15.1 Å².